The summed E-state index contributed by atoms with van der Waals surface area (Å²) in [7, 11) is 0. The third kappa shape index (κ3) is 3.73. The number of ether oxygens (including phenoxy) is 1. The Kier molecular flexibility index (Phi) is 4.83. The van der Waals surface area contributed by atoms with Gasteiger partial charge in [0, 0.05) is 29.5 Å². The van der Waals surface area contributed by atoms with E-state index < -0.39 is 11.7 Å². The van der Waals surface area contributed by atoms with Crippen molar-refractivity contribution >= 4 is 11.6 Å². The lowest BCUT2D eigenvalue weighted by molar-refractivity contribution is -0.0160. The number of hydrogen-bond acceptors (Lipinski definition) is 3. The van der Waals surface area contributed by atoms with E-state index in [9.17, 15) is 9.18 Å². The van der Waals surface area contributed by atoms with Crippen molar-refractivity contribution in [1.82, 2.24) is 0 Å². The number of amides is 1. The fraction of sp³-hybridized carbons (Fsp3) is 0.562. The molecule has 1 aromatic carbocycles. The molecule has 5 heteroatoms. The molecular weight excluding hydrogens is 271 g/mol. The van der Waals surface area contributed by atoms with Crippen molar-refractivity contribution in [2.45, 2.75) is 45.8 Å². The number of hydrogen-bond donors (Lipinski definition) is 2. The van der Waals surface area contributed by atoms with E-state index >= 15 is 0 Å². The Morgan fingerprint density at radius 2 is 2.19 bits per heavy atom. The van der Waals surface area contributed by atoms with Gasteiger partial charge in [-0.3, -0.25) is 4.79 Å². The Bertz CT molecular complexity index is 531. The normalized spacial score (nSPS) is 22.3. The molecule has 1 aliphatic heterocycles. The molecule has 1 amide bonds. The number of nitrogens with two attached hydrogens (primary N) is 1. The summed E-state index contributed by atoms with van der Waals surface area (Å²) in [5, 5.41) is 3.34. The molecule has 2 unspecified atom stereocenters. The first-order chi connectivity index (χ1) is 9.88. The van der Waals surface area contributed by atoms with E-state index in [0.29, 0.717) is 23.8 Å². The molecular formula is C16H23FN2O2. The smallest absolute Gasteiger partial charge is 0.248 e. The van der Waals surface area contributed by atoms with Crippen LogP contribution >= 0.6 is 0 Å². The second-order valence-electron chi connectivity index (χ2n) is 6.01. The van der Waals surface area contributed by atoms with Crippen molar-refractivity contribution < 1.29 is 13.9 Å². The Balaban J connectivity index is 2.17. The predicted molar refractivity (Wildman–Crippen MR) is 80.9 cm³/mol. The first-order valence-electron chi connectivity index (χ1n) is 7.36. The van der Waals surface area contributed by atoms with Gasteiger partial charge >= 0.3 is 0 Å². The highest BCUT2D eigenvalue weighted by Gasteiger charge is 2.25. The third-order valence-corrected chi connectivity index (χ3v) is 4.05. The standard InChI is InChI=1S/C16H23FN2O2/c1-9(2)15-8-12(4-5-21-15)19-14-7-11(16(18)20)6-13(17)10(14)3/h6-7,9,12,15,19H,4-5,8H2,1-3H3,(H2,18,20). The average Bonchev–Trinajstić information content (AvgIpc) is 2.43. The van der Waals surface area contributed by atoms with E-state index in [-0.39, 0.29) is 17.7 Å². The minimum absolute atomic E-state index is 0.188. The van der Waals surface area contributed by atoms with E-state index in [0.717, 1.165) is 12.8 Å². The summed E-state index contributed by atoms with van der Waals surface area (Å²) in [6.45, 7) is 6.65. The molecule has 0 saturated carbocycles. The molecule has 2 atom stereocenters. The molecule has 1 saturated heterocycles. The van der Waals surface area contributed by atoms with Gasteiger partial charge in [-0.1, -0.05) is 13.8 Å². The van der Waals surface area contributed by atoms with Crippen LogP contribution in [0, 0.1) is 18.7 Å². The lowest BCUT2D eigenvalue weighted by atomic mass is 9.95. The van der Waals surface area contributed by atoms with Crippen molar-refractivity contribution in [2.24, 2.45) is 11.7 Å². The van der Waals surface area contributed by atoms with Gasteiger partial charge in [0.15, 0.2) is 0 Å². The molecule has 1 fully saturated rings. The van der Waals surface area contributed by atoms with Crippen molar-refractivity contribution in [2.75, 3.05) is 11.9 Å². The maximum absolute atomic E-state index is 13.9. The van der Waals surface area contributed by atoms with Gasteiger partial charge in [-0.15, -0.1) is 0 Å². The van der Waals surface area contributed by atoms with Crippen LogP contribution in [0.25, 0.3) is 0 Å². The summed E-state index contributed by atoms with van der Waals surface area (Å²) in [6.07, 6.45) is 1.95. The highest BCUT2D eigenvalue weighted by atomic mass is 19.1. The van der Waals surface area contributed by atoms with Crippen LogP contribution in [0.1, 0.15) is 42.6 Å². The number of benzene rings is 1. The molecule has 116 valence electrons. The minimum Gasteiger partial charge on any atom is -0.382 e. The van der Waals surface area contributed by atoms with Gasteiger partial charge in [0.2, 0.25) is 5.91 Å². The zero-order chi connectivity index (χ0) is 15.6. The van der Waals surface area contributed by atoms with E-state index in [1.165, 1.54) is 6.07 Å². The molecule has 1 aromatic rings. The summed E-state index contributed by atoms with van der Waals surface area (Å²) < 4.78 is 19.6. The summed E-state index contributed by atoms with van der Waals surface area (Å²) >= 11 is 0. The SMILES string of the molecule is Cc1c(F)cc(C(N)=O)cc1NC1CCOC(C(C)C)C1. The fourth-order valence-corrected chi connectivity index (χ4v) is 2.61. The van der Waals surface area contributed by atoms with Gasteiger partial charge in [-0.2, -0.15) is 0 Å². The summed E-state index contributed by atoms with van der Waals surface area (Å²) in [4.78, 5) is 11.3. The largest absolute Gasteiger partial charge is 0.382 e. The highest BCUT2D eigenvalue weighted by molar-refractivity contribution is 5.94. The molecule has 4 nitrogen and oxygen atoms in total. The zero-order valence-electron chi connectivity index (χ0n) is 12.8. The maximum atomic E-state index is 13.9. The summed E-state index contributed by atoms with van der Waals surface area (Å²) in [5.41, 5.74) is 6.58. The number of anilines is 1. The molecule has 1 heterocycles. The Morgan fingerprint density at radius 1 is 1.48 bits per heavy atom. The quantitative estimate of drug-likeness (QED) is 0.897. The fourth-order valence-electron chi connectivity index (χ4n) is 2.61. The second kappa shape index (κ2) is 6.43. The van der Waals surface area contributed by atoms with E-state index in [2.05, 4.69) is 19.2 Å². The van der Waals surface area contributed by atoms with Gasteiger partial charge in [-0.05, 0) is 37.8 Å². The van der Waals surface area contributed by atoms with E-state index in [4.69, 9.17) is 10.5 Å². The molecule has 0 aliphatic carbocycles. The molecule has 21 heavy (non-hydrogen) atoms. The first kappa shape index (κ1) is 15.8. The number of carbonyl (C=O) groups is 1. The highest BCUT2D eigenvalue weighted by Crippen LogP contribution is 2.26. The monoisotopic (exact) mass is 294 g/mol. The van der Waals surface area contributed by atoms with Crippen molar-refractivity contribution in [1.29, 1.82) is 0 Å². The number of carbonyl (C=O) groups excluding carboxylic acids is 1. The zero-order valence-corrected chi connectivity index (χ0v) is 12.8. The van der Waals surface area contributed by atoms with Crippen LogP contribution in [0.2, 0.25) is 0 Å². The van der Waals surface area contributed by atoms with Gasteiger partial charge in [0.05, 0.1) is 6.10 Å². The molecule has 3 N–H and O–H groups in total. The Morgan fingerprint density at radius 3 is 2.81 bits per heavy atom. The summed E-state index contributed by atoms with van der Waals surface area (Å²) in [6, 6.07) is 3.03. The van der Waals surface area contributed by atoms with E-state index in [1.54, 1.807) is 13.0 Å². The van der Waals surface area contributed by atoms with Crippen molar-refractivity contribution in [3.05, 3.63) is 29.1 Å². The van der Waals surface area contributed by atoms with Crippen LogP contribution in [0.15, 0.2) is 12.1 Å². The number of nitrogens with one attached hydrogen (secondary N) is 1. The number of primary amides is 1. The average molecular weight is 294 g/mol. The van der Waals surface area contributed by atoms with Gasteiger partial charge in [-0.25, -0.2) is 4.39 Å². The van der Waals surface area contributed by atoms with Crippen LogP contribution in [0.3, 0.4) is 0 Å². The minimum atomic E-state index is -0.621. The molecule has 0 spiro atoms. The Hall–Kier alpha value is -1.62. The van der Waals surface area contributed by atoms with Crippen molar-refractivity contribution in [3.63, 3.8) is 0 Å². The topological polar surface area (TPSA) is 64.4 Å². The molecule has 2 rings (SSSR count). The summed E-state index contributed by atoms with van der Waals surface area (Å²) in [5.74, 6) is -0.588. The molecule has 0 bridgehead atoms. The van der Waals surface area contributed by atoms with Crippen molar-refractivity contribution in [3.8, 4) is 0 Å². The van der Waals surface area contributed by atoms with Crippen LogP contribution in [0.4, 0.5) is 10.1 Å². The van der Waals surface area contributed by atoms with Gasteiger partial charge in [0.1, 0.15) is 5.82 Å². The first-order valence-corrected chi connectivity index (χ1v) is 7.36. The van der Waals surface area contributed by atoms with Crippen LogP contribution in [-0.2, 0) is 4.74 Å². The second-order valence-corrected chi connectivity index (χ2v) is 6.01. The molecule has 0 radical (unpaired) electrons. The lowest BCUT2D eigenvalue weighted by Gasteiger charge is -2.33. The Labute approximate surface area is 124 Å². The maximum Gasteiger partial charge on any atom is 0.248 e. The predicted octanol–water partition coefficient (Wildman–Crippen LogP) is 2.85. The van der Waals surface area contributed by atoms with Gasteiger partial charge in [0.25, 0.3) is 0 Å². The van der Waals surface area contributed by atoms with E-state index in [1.807, 2.05) is 0 Å². The molecule has 1 aliphatic rings. The van der Waals surface area contributed by atoms with Crippen LogP contribution in [0.5, 0.6) is 0 Å². The molecule has 0 aromatic heterocycles. The van der Waals surface area contributed by atoms with Gasteiger partial charge < -0.3 is 15.8 Å². The van der Waals surface area contributed by atoms with Crippen LogP contribution < -0.4 is 11.1 Å². The van der Waals surface area contributed by atoms with Crippen LogP contribution in [-0.4, -0.2) is 24.7 Å². The third-order valence-electron chi connectivity index (χ3n) is 4.05. The number of halogens is 1. The number of rotatable bonds is 4. The lowest BCUT2D eigenvalue weighted by Crippen LogP contribution is -2.36.